The summed E-state index contributed by atoms with van der Waals surface area (Å²) in [4.78, 5) is 2.42. The highest BCUT2D eigenvalue weighted by Gasteiger charge is 2.31. The van der Waals surface area contributed by atoms with Gasteiger partial charge in [-0.2, -0.15) is 0 Å². The van der Waals surface area contributed by atoms with Gasteiger partial charge in [0, 0.05) is 31.7 Å². The van der Waals surface area contributed by atoms with Gasteiger partial charge in [-0.05, 0) is 29.5 Å². The van der Waals surface area contributed by atoms with Crippen LogP contribution in [0.15, 0.2) is 18.2 Å². The first kappa shape index (κ1) is 21.3. The number of halogens is 2. The predicted molar refractivity (Wildman–Crippen MR) is 95.6 cm³/mol. The first-order chi connectivity index (χ1) is 9.53. The molecule has 22 heavy (non-hydrogen) atoms. The predicted octanol–water partition coefficient (Wildman–Crippen LogP) is 2.96. The number of benzene rings is 1. The van der Waals surface area contributed by atoms with E-state index >= 15 is 0 Å². The van der Waals surface area contributed by atoms with Crippen LogP contribution in [0.2, 0.25) is 0 Å². The van der Waals surface area contributed by atoms with Gasteiger partial charge in [-0.1, -0.05) is 13.8 Å². The lowest BCUT2D eigenvalue weighted by Gasteiger charge is -2.19. The van der Waals surface area contributed by atoms with Gasteiger partial charge in [-0.15, -0.1) is 24.8 Å². The molecule has 0 spiro atoms. The third-order valence-corrected chi connectivity index (χ3v) is 4.16. The van der Waals surface area contributed by atoms with Crippen molar-refractivity contribution >= 4 is 24.8 Å². The molecule has 0 bridgehead atoms. The van der Waals surface area contributed by atoms with E-state index in [4.69, 9.17) is 15.2 Å². The van der Waals surface area contributed by atoms with E-state index in [1.54, 1.807) is 14.2 Å². The summed E-state index contributed by atoms with van der Waals surface area (Å²) in [5.41, 5.74) is 7.45. The van der Waals surface area contributed by atoms with E-state index in [-0.39, 0.29) is 30.9 Å². The largest absolute Gasteiger partial charge is 0.497 e. The molecule has 2 atom stereocenters. The average Bonchev–Trinajstić information content (AvgIpc) is 2.79. The Morgan fingerprint density at radius 2 is 1.64 bits per heavy atom. The molecule has 2 N–H and O–H groups in total. The molecule has 6 heteroatoms. The summed E-state index contributed by atoms with van der Waals surface area (Å²) in [5, 5.41) is 0. The highest BCUT2D eigenvalue weighted by atomic mass is 35.5. The third-order valence-electron chi connectivity index (χ3n) is 4.16. The van der Waals surface area contributed by atoms with Crippen molar-refractivity contribution in [2.75, 3.05) is 27.3 Å². The maximum Gasteiger partial charge on any atom is 0.122 e. The van der Waals surface area contributed by atoms with E-state index in [2.05, 4.69) is 30.9 Å². The Labute approximate surface area is 146 Å². The minimum atomic E-state index is 0. The van der Waals surface area contributed by atoms with Gasteiger partial charge in [0.1, 0.15) is 11.5 Å². The van der Waals surface area contributed by atoms with Crippen molar-refractivity contribution in [1.29, 1.82) is 0 Å². The van der Waals surface area contributed by atoms with Crippen LogP contribution in [-0.2, 0) is 6.54 Å². The first-order valence-electron chi connectivity index (χ1n) is 7.23. The Bertz CT molecular complexity index is 436. The molecule has 128 valence electrons. The zero-order valence-corrected chi connectivity index (χ0v) is 15.4. The molecular weight excluding hydrogens is 323 g/mol. The lowest BCUT2D eigenvalue weighted by molar-refractivity contribution is 0.295. The van der Waals surface area contributed by atoms with Gasteiger partial charge in [0.15, 0.2) is 0 Å². The van der Waals surface area contributed by atoms with Gasteiger partial charge < -0.3 is 15.2 Å². The molecule has 0 aliphatic carbocycles. The Balaban J connectivity index is 0.00000220. The zero-order chi connectivity index (χ0) is 14.7. The molecule has 0 radical (unpaired) electrons. The van der Waals surface area contributed by atoms with Crippen LogP contribution in [-0.4, -0.2) is 38.3 Å². The van der Waals surface area contributed by atoms with Gasteiger partial charge in [0.05, 0.1) is 14.2 Å². The van der Waals surface area contributed by atoms with Crippen molar-refractivity contribution < 1.29 is 9.47 Å². The topological polar surface area (TPSA) is 47.7 Å². The molecule has 0 amide bonds. The summed E-state index contributed by atoms with van der Waals surface area (Å²) in [6.07, 6.45) is 0. The molecule has 1 fully saturated rings. The fourth-order valence-electron chi connectivity index (χ4n) is 2.99. The van der Waals surface area contributed by atoms with Crippen LogP contribution in [0.5, 0.6) is 11.5 Å². The van der Waals surface area contributed by atoms with Crippen LogP contribution in [0.25, 0.3) is 0 Å². The van der Waals surface area contributed by atoms with Crippen LogP contribution in [0.3, 0.4) is 0 Å². The molecule has 1 saturated heterocycles. The number of nitrogens with two attached hydrogens (primary N) is 1. The molecule has 2 rings (SSSR count). The number of nitrogens with zero attached hydrogens (tertiary/aromatic N) is 1. The van der Waals surface area contributed by atoms with Gasteiger partial charge in [0.25, 0.3) is 0 Å². The van der Waals surface area contributed by atoms with Crippen LogP contribution >= 0.6 is 24.8 Å². The standard InChI is InChI=1S/C16H26N2O2.2ClH/c1-11(2)15-9-18(10-16(15)17)8-12-5-13(19-3)7-14(6-12)20-4;;/h5-7,11,15-16H,8-10,17H2,1-4H3;2*1H/t15-,16+;;/m1../s1. The van der Waals surface area contributed by atoms with Crippen molar-refractivity contribution in [3.63, 3.8) is 0 Å². The second-order valence-corrected chi connectivity index (χ2v) is 5.99. The van der Waals surface area contributed by atoms with E-state index in [9.17, 15) is 0 Å². The van der Waals surface area contributed by atoms with Gasteiger partial charge >= 0.3 is 0 Å². The van der Waals surface area contributed by atoms with Crippen molar-refractivity contribution in [2.24, 2.45) is 17.6 Å². The molecule has 1 aliphatic heterocycles. The SMILES string of the molecule is COc1cc(CN2C[C@H](C(C)C)[C@@H](N)C2)cc(OC)c1.Cl.Cl. The Kier molecular flexibility index (Phi) is 9.16. The highest BCUT2D eigenvalue weighted by Crippen LogP contribution is 2.27. The summed E-state index contributed by atoms with van der Waals surface area (Å²) in [6.45, 7) is 7.43. The number of hydrogen-bond donors (Lipinski definition) is 1. The molecule has 0 saturated carbocycles. The lowest BCUT2D eigenvalue weighted by atomic mass is 9.92. The molecule has 1 heterocycles. The van der Waals surface area contributed by atoms with Crippen LogP contribution in [0.4, 0.5) is 0 Å². The monoisotopic (exact) mass is 350 g/mol. The highest BCUT2D eigenvalue weighted by molar-refractivity contribution is 5.85. The van der Waals surface area contributed by atoms with Gasteiger partial charge in [-0.25, -0.2) is 0 Å². The molecular formula is C16H28Cl2N2O2. The summed E-state index contributed by atoms with van der Waals surface area (Å²) in [6, 6.07) is 6.31. The first-order valence-corrected chi connectivity index (χ1v) is 7.23. The van der Waals surface area contributed by atoms with Crippen LogP contribution in [0.1, 0.15) is 19.4 Å². The van der Waals surface area contributed by atoms with E-state index in [1.807, 2.05) is 6.07 Å². The average molecular weight is 351 g/mol. The maximum atomic E-state index is 6.25. The van der Waals surface area contributed by atoms with Crippen LogP contribution in [0, 0.1) is 11.8 Å². The molecule has 4 nitrogen and oxygen atoms in total. The molecule has 0 unspecified atom stereocenters. The third kappa shape index (κ3) is 5.20. The minimum absolute atomic E-state index is 0. The van der Waals surface area contributed by atoms with E-state index < -0.39 is 0 Å². The Hall–Kier alpha value is -0.680. The van der Waals surface area contributed by atoms with Gasteiger partial charge in [0.2, 0.25) is 0 Å². The number of methoxy groups -OCH3 is 2. The maximum absolute atomic E-state index is 6.25. The lowest BCUT2D eigenvalue weighted by Crippen LogP contribution is -2.32. The second-order valence-electron chi connectivity index (χ2n) is 5.99. The van der Waals surface area contributed by atoms with Gasteiger partial charge in [-0.3, -0.25) is 4.90 Å². The summed E-state index contributed by atoms with van der Waals surface area (Å²) in [7, 11) is 3.36. The zero-order valence-electron chi connectivity index (χ0n) is 13.7. The van der Waals surface area contributed by atoms with Crippen molar-refractivity contribution in [2.45, 2.75) is 26.4 Å². The molecule has 1 aromatic rings. The Morgan fingerprint density at radius 3 is 2.05 bits per heavy atom. The van der Waals surface area contributed by atoms with E-state index in [1.165, 1.54) is 5.56 Å². The smallest absolute Gasteiger partial charge is 0.122 e. The van der Waals surface area contributed by atoms with Crippen molar-refractivity contribution in [3.05, 3.63) is 23.8 Å². The summed E-state index contributed by atoms with van der Waals surface area (Å²) in [5.74, 6) is 2.89. The fraction of sp³-hybridized carbons (Fsp3) is 0.625. The van der Waals surface area contributed by atoms with Crippen LogP contribution < -0.4 is 15.2 Å². The molecule has 0 aromatic heterocycles. The summed E-state index contributed by atoms with van der Waals surface area (Å²) < 4.78 is 10.6. The summed E-state index contributed by atoms with van der Waals surface area (Å²) >= 11 is 0. The Morgan fingerprint density at radius 1 is 1.09 bits per heavy atom. The normalized spacial score (nSPS) is 21.2. The van der Waals surface area contributed by atoms with E-state index in [0.717, 1.165) is 31.1 Å². The number of rotatable bonds is 5. The quantitative estimate of drug-likeness (QED) is 0.886. The van der Waals surface area contributed by atoms with Crippen molar-refractivity contribution in [3.8, 4) is 11.5 Å². The second kappa shape index (κ2) is 9.46. The number of hydrogen-bond acceptors (Lipinski definition) is 4. The fourth-order valence-corrected chi connectivity index (χ4v) is 2.99. The number of ether oxygens (including phenoxy) is 2. The van der Waals surface area contributed by atoms with Crippen molar-refractivity contribution in [1.82, 2.24) is 4.90 Å². The minimum Gasteiger partial charge on any atom is -0.497 e. The number of likely N-dealkylation sites (tertiary alicyclic amines) is 1. The molecule has 1 aromatic carbocycles. The molecule has 1 aliphatic rings. The van der Waals surface area contributed by atoms with E-state index in [0.29, 0.717) is 11.8 Å².